The summed E-state index contributed by atoms with van der Waals surface area (Å²) < 4.78 is 0. The number of nitrogens with zero attached hydrogens (tertiary/aromatic N) is 1. The van der Waals surface area contributed by atoms with Crippen molar-refractivity contribution in [3.63, 3.8) is 0 Å². The number of rotatable bonds is 2. The highest BCUT2D eigenvalue weighted by molar-refractivity contribution is 4.90. The van der Waals surface area contributed by atoms with Gasteiger partial charge < -0.3 is 10.2 Å². The second-order valence-electron chi connectivity index (χ2n) is 5.87. The van der Waals surface area contributed by atoms with Gasteiger partial charge in [-0.2, -0.15) is 0 Å². The number of hydrogen-bond acceptors (Lipinski definition) is 2. The van der Waals surface area contributed by atoms with E-state index in [1.807, 2.05) is 0 Å². The Morgan fingerprint density at radius 2 is 2.14 bits per heavy atom. The molecule has 0 aromatic rings. The van der Waals surface area contributed by atoms with Crippen molar-refractivity contribution in [2.75, 3.05) is 26.2 Å². The summed E-state index contributed by atoms with van der Waals surface area (Å²) in [5.74, 6) is 2.00. The summed E-state index contributed by atoms with van der Waals surface area (Å²) in [6.45, 7) is 12.1. The minimum Gasteiger partial charge on any atom is -0.310 e. The van der Waals surface area contributed by atoms with Crippen molar-refractivity contribution in [3.05, 3.63) is 0 Å². The van der Waals surface area contributed by atoms with E-state index in [1.165, 1.54) is 39.0 Å². The first kappa shape index (κ1) is 10.4. The van der Waals surface area contributed by atoms with Crippen LogP contribution in [0.1, 0.15) is 33.6 Å². The van der Waals surface area contributed by atoms with Gasteiger partial charge in [0.1, 0.15) is 0 Å². The van der Waals surface area contributed by atoms with Gasteiger partial charge in [-0.1, -0.05) is 6.92 Å². The van der Waals surface area contributed by atoms with Crippen LogP contribution in [0.4, 0.5) is 0 Å². The smallest absolute Gasteiger partial charge is 0.0252 e. The predicted molar refractivity (Wildman–Crippen MR) is 60.4 cm³/mol. The van der Waals surface area contributed by atoms with Crippen molar-refractivity contribution in [1.29, 1.82) is 0 Å². The van der Waals surface area contributed by atoms with Crippen LogP contribution in [0.15, 0.2) is 0 Å². The van der Waals surface area contributed by atoms with Crippen LogP contribution in [0.25, 0.3) is 0 Å². The Morgan fingerprint density at radius 3 is 2.79 bits per heavy atom. The van der Waals surface area contributed by atoms with Gasteiger partial charge in [0.15, 0.2) is 0 Å². The standard InChI is InChI=1S/C12H24N2/c1-10-7-11(10)8-14-6-4-5-13-12(2,3)9-14/h10-11,13H,4-9H2,1-3H3. The molecule has 2 nitrogen and oxygen atoms in total. The predicted octanol–water partition coefficient (Wildman–Crippen LogP) is 1.72. The van der Waals surface area contributed by atoms with Gasteiger partial charge in [-0.05, 0) is 51.6 Å². The zero-order valence-electron chi connectivity index (χ0n) is 9.84. The largest absolute Gasteiger partial charge is 0.310 e. The van der Waals surface area contributed by atoms with Gasteiger partial charge in [-0.15, -0.1) is 0 Å². The third kappa shape index (κ3) is 2.71. The average Bonchev–Trinajstić information content (AvgIpc) is 2.77. The molecule has 1 saturated carbocycles. The lowest BCUT2D eigenvalue weighted by Gasteiger charge is -2.30. The van der Waals surface area contributed by atoms with Gasteiger partial charge in [0.25, 0.3) is 0 Å². The van der Waals surface area contributed by atoms with Crippen molar-refractivity contribution in [2.24, 2.45) is 11.8 Å². The normalized spacial score (nSPS) is 37.9. The van der Waals surface area contributed by atoms with Crippen LogP contribution in [-0.2, 0) is 0 Å². The van der Waals surface area contributed by atoms with Crippen molar-refractivity contribution in [3.8, 4) is 0 Å². The molecule has 1 aliphatic heterocycles. The molecule has 0 bridgehead atoms. The third-order valence-corrected chi connectivity index (χ3v) is 3.64. The van der Waals surface area contributed by atoms with Crippen molar-refractivity contribution >= 4 is 0 Å². The van der Waals surface area contributed by atoms with Crippen LogP contribution in [-0.4, -0.2) is 36.6 Å². The van der Waals surface area contributed by atoms with Crippen LogP contribution >= 0.6 is 0 Å². The lowest BCUT2D eigenvalue weighted by Crippen LogP contribution is -2.46. The molecule has 2 unspecified atom stereocenters. The highest BCUT2D eigenvalue weighted by atomic mass is 15.2. The van der Waals surface area contributed by atoms with Gasteiger partial charge in [0.05, 0.1) is 0 Å². The fraction of sp³-hybridized carbons (Fsp3) is 1.00. The molecule has 2 rings (SSSR count). The molecule has 0 aromatic heterocycles. The monoisotopic (exact) mass is 196 g/mol. The molecular weight excluding hydrogens is 172 g/mol. The van der Waals surface area contributed by atoms with Crippen molar-refractivity contribution < 1.29 is 0 Å². The molecular formula is C12H24N2. The molecule has 0 spiro atoms. The second kappa shape index (κ2) is 3.82. The quantitative estimate of drug-likeness (QED) is 0.723. The minimum atomic E-state index is 0.314. The fourth-order valence-corrected chi connectivity index (χ4v) is 2.56. The molecule has 2 heteroatoms. The van der Waals surface area contributed by atoms with E-state index in [4.69, 9.17) is 0 Å². The van der Waals surface area contributed by atoms with E-state index in [-0.39, 0.29) is 0 Å². The number of nitrogens with one attached hydrogen (secondary N) is 1. The first-order chi connectivity index (χ1) is 6.57. The zero-order valence-corrected chi connectivity index (χ0v) is 9.84. The average molecular weight is 196 g/mol. The maximum Gasteiger partial charge on any atom is 0.0252 e. The molecule has 1 aliphatic carbocycles. The van der Waals surface area contributed by atoms with Crippen LogP contribution in [0.2, 0.25) is 0 Å². The summed E-state index contributed by atoms with van der Waals surface area (Å²) in [6, 6.07) is 0. The van der Waals surface area contributed by atoms with Crippen LogP contribution < -0.4 is 5.32 Å². The van der Waals surface area contributed by atoms with E-state index in [2.05, 4.69) is 31.0 Å². The molecule has 1 N–H and O–H groups in total. The summed E-state index contributed by atoms with van der Waals surface area (Å²) in [4.78, 5) is 2.66. The highest BCUT2D eigenvalue weighted by Crippen LogP contribution is 2.38. The molecule has 2 atom stereocenters. The summed E-state index contributed by atoms with van der Waals surface area (Å²) in [5, 5.41) is 3.61. The molecule has 1 heterocycles. The van der Waals surface area contributed by atoms with Crippen LogP contribution in [0.5, 0.6) is 0 Å². The van der Waals surface area contributed by atoms with E-state index in [0.29, 0.717) is 5.54 Å². The Morgan fingerprint density at radius 1 is 1.43 bits per heavy atom. The van der Waals surface area contributed by atoms with Gasteiger partial charge >= 0.3 is 0 Å². The van der Waals surface area contributed by atoms with Crippen LogP contribution in [0.3, 0.4) is 0 Å². The summed E-state index contributed by atoms with van der Waals surface area (Å²) >= 11 is 0. The molecule has 14 heavy (non-hydrogen) atoms. The maximum atomic E-state index is 3.61. The summed E-state index contributed by atoms with van der Waals surface area (Å²) in [7, 11) is 0. The molecule has 0 radical (unpaired) electrons. The van der Waals surface area contributed by atoms with E-state index in [1.54, 1.807) is 0 Å². The van der Waals surface area contributed by atoms with E-state index >= 15 is 0 Å². The van der Waals surface area contributed by atoms with Gasteiger partial charge in [-0.3, -0.25) is 0 Å². The van der Waals surface area contributed by atoms with Crippen LogP contribution in [0, 0.1) is 11.8 Å². The van der Waals surface area contributed by atoms with Gasteiger partial charge in [0.2, 0.25) is 0 Å². The minimum absolute atomic E-state index is 0.314. The SMILES string of the molecule is CC1CC1CN1CCCNC(C)(C)C1. The highest BCUT2D eigenvalue weighted by Gasteiger charge is 2.35. The first-order valence-electron chi connectivity index (χ1n) is 6.04. The molecule has 0 amide bonds. The second-order valence-corrected chi connectivity index (χ2v) is 5.87. The maximum absolute atomic E-state index is 3.61. The van der Waals surface area contributed by atoms with E-state index in [0.717, 1.165) is 11.8 Å². The molecule has 0 aromatic carbocycles. The Balaban J connectivity index is 1.84. The van der Waals surface area contributed by atoms with Crippen molar-refractivity contribution in [1.82, 2.24) is 10.2 Å². The zero-order chi connectivity index (χ0) is 10.2. The Labute approximate surface area is 88.1 Å². The Hall–Kier alpha value is -0.0800. The first-order valence-corrected chi connectivity index (χ1v) is 6.04. The molecule has 82 valence electrons. The Bertz CT molecular complexity index is 200. The lowest BCUT2D eigenvalue weighted by molar-refractivity contribution is 0.220. The van der Waals surface area contributed by atoms with Gasteiger partial charge in [-0.25, -0.2) is 0 Å². The lowest BCUT2D eigenvalue weighted by atomic mass is 10.1. The summed E-state index contributed by atoms with van der Waals surface area (Å²) in [6.07, 6.45) is 2.77. The molecule has 1 saturated heterocycles. The van der Waals surface area contributed by atoms with Crippen molar-refractivity contribution in [2.45, 2.75) is 39.2 Å². The number of hydrogen-bond donors (Lipinski definition) is 1. The Kier molecular flexibility index (Phi) is 2.85. The molecule has 2 fully saturated rings. The summed E-state index contributed by atoms with van der Waals surface area (Å²) in [5.41, 5.74) is 0.314. The topological polar surface area (TPSA) is 15.3 Å². The van der Waals surface area contributed by atoms with E-state index in [9.17, 15) is 0 Å². The third-order valence-electron chi connectivity index (χ3n) is 3.64. The van der Waals surface area contributed by atoms with E-state index < -0.39 is 0 Å². The van der Waals surface area contributed by atoms with Gasteiger partial charge in [0, 0.05) is 18.6 Å². The fourth-order valence-electron chi connectivity index (χ4n) is 2.56. The molecule has 2 aliphatic rings.